The predicted octanol–water partition coefficient (Wildman–Crippen LogP) is 14.7. The quantitative estimate of drug-likeness (QED) is 0.165. The first-order valence-electron chi connectivity index (χ1n) is 26.3. The SMILES string of the molecule is [2H]c1c([2H])c([2H])c(-c2cc(C(C)(C)C)ccc2N2c3ccc(C(C)(C)C)cc3B3c4oc5c([2H])c6c(c([2H])c5c4N(c4ccc(C(C)(C)C)cc4)c4cc(C)cc2c43)C(C)(C)CCC6(C)C)c([2H])c1[2H]. The Kier molecular flexibility index (Phi) is 7.43. The normalized spacial score (nSPS) is 18.0. The van der Waals surface area contributed by atoms with Crippen molar-refractivity contribution in [2.75, 3.05) is 9.80 Å². The van der Waals surface area contributed by atoms with Gasteiger partial charge in [-0.15, -0.1) is 0 Å². The van der Waals surface area contributed by atoms with Crippen LogP contribution in [0.5, 0.6) is 0 Å². The number of benzene rings is 6. The van der Waals surface area contributed by atoms with Crippen LogP contribution in [0.15, 0.2) is 120 Å². The maximum atomic E-state index is 10.4. The van der Waals surface area contributed by atoms with Crippen molar-refractivity contribution in [1.29, 1.82) is 0 Å². The van der Waals surface area contributed by atoms with Crippen molar-refractivity contribution < 1.29 is 14.0 Å². The molecule has 6 aromatic carbocycles. The third-order valence-electron chi connectivity index (χ3n) is 14.2. The Hall–Kier alpha value is -5.48. The monoisotopic (exact) mass is 836 g/mol. The number of rotatable bonds is 3. The molecular formula is C59H65BN2O. The smallest absolute Gasteiger partial charge is 0.297 e. The van der Waals surface area contributed by atoms with E-state index in [1.807, 2.05) is 6.07 Å². The minimum atomic E-state index is -0.471. The van der Waals surface area contributed by atoms with Gasteiger partial charge in [0.25, 0.3) is 6.71 Å². The molecular weight excluding hydrogens is 763 g/mol. The van der Waals surface area contributed by atoms with Crippen LogP contribution in [0.25, 0.3) is 22.1 Å². The lowest BCUT2D eigenvalue weighted by molar-refractivity contribution is 0.332. The first kappa shape index (κ1) is 34.0. The number of hydrogen-bond donors (Lipinski definition) is 0. The van der Waals surface area contributed by atoms with Gasteiger partial charge in [0.2, 0.25) is 0 Å². The highest BCUT2D eigenvalue weighted by Crippen LogP contribution is 2.52. The van der Waals surface area contributed by atoms with Gasteiger partial charge in [-0.3, -0.25) is 0 Å². The molecule has 4 heteroatoms. The maximum absolute atomic E-state index is 10.4. The Morgan fingerprint density at radius 3 is 1.75 bits per heavy atom. The highest BCUT2D eigenvalue weighted by Gasteiger charge is 2.48. The lowest BCUT2D eigenvalue weighted by Crippen LogP contribution is -2.61. The van der Waals surface area contributed by atoms with Crippen LogP contribution in [-0.2, 0) is 27.1 Å². The summed E-state index contributed by atoms with van der Waals surface area (Å²) in [6.07, 6.45) is 1.80. The number of fused-ring (bicyclic) bond motifs is 7. The van der Waals surface area contributed by atoms with E-state index in [4.69, 9.17) is 8.53 Å². The van der Waals surface area contributed by atoms with E-state index in [2.05, 4.69) is 173 Å². The molecule has 0 amide bonds. The van der Waals surface area contributed by atoms with E-state index in [1.165, 1.54) is 5.56 Å². The van der Waals surface area contributed by atoms with Crippen LogP contribution >= 0.6 is 0 Å². The Bertz CT molecular complexity index is 3350. The number of hydrogen-bond acceptors (Lipinski definition) is 3. The van der Waals surface area contributed by atoms with Gasteiger partial charge in [0.1, 0.15) is 5.58 Å². The lowest BCUT2D eigenvalue weighted by atomic mass is 9.35. The van der Waals surface area contributed by atoms with E-state index in [9.17, 15) is 5.48 Å². The molecule has 1 aliphatic carbocycles. The first-order chi connectivity index (χ1) is 32.5. The van der Waals surface area contributed by atoms with Crippen LogP contribution in [0, 0.1) is 6.92 Å². The molecule has 0 bridgehead atoms. The highest BCUT2D eigenvalue weighted by molar-refractivity contribution is 7.00. The molecule has 0 fully saturated rings. The van der Waals surface area contributed by atoms with Gasteiger partial charge in [-0.1, -0.05) is 151 Å². The zero-order valence-electron chi connectivity index (χ0n) is 46.7. The topological polar surface area (TPSA) is 19.6 Å². The van der Waals surface area contributed by atoms with Gasteiger partial charge < -0.3 is 14.2 Å². The predicted molar refractivity (Wildman–Crippen MR) is 272 cm³/mol. The van der Waals surface area contributed by atoms with Gasteiger partial charge in [-0.05, 0) is 151 Å². The molecule has 0 N–H and O–H groups in total. The van der Waals surface area contributed by atoms with E-state index in [-0.39, 0.29) is 56.8 Å². The largest absolute Gasteiger partial charge is 0.468 e. The van der Waals surface area contributed by atoms with E-state index >= 15 is 0 Å². The third-order valence-corrected chi connectivity index (χ3v) is 14.2. The molecule has 3 nitrogen and oxygen atoms in total. The average molecular weight is 836 g/mol. The Morgan fingerprint density at radius 1 is 0.603 bits per heavy atom. The average Bonchev–Trinajstić information content (AvgIpc) is 3.68. The second-order valence-corrected chi connectivity index (χ2v) is 22.9. The summed E-state index contributed by atoms with van der Waals surface area (Å²) in [7, 11) is 0. The first-order valence-corrected chi connectivity index (χ1v) is 22.8. The van der Waals surface area contributed by atoms with E-state index in [0.717, 1.165) is 80.0 Å². The van der Waals surface area contributed by atoms with Crippen LogP contribution in [0.4, 0.5) is 34.1 Å². The molecule has 1 aromatic heterocycles. The molecule has 0 saturated heterocycles. The van der Waals surface area contributed by atoms with Crippen molar-refractivity contribution in [1.82, 2.24) is 0 Å². The lowest BCUT2D eigenvalue weighted by Gasteiger charge is -2.44. The van der Waals surface area contributed by atoms with Crippen LogP contribution in [0.2, 0.25) is 0 Å². The van der Waals surface area contributed by atoms with E-state index in [0.29, 0.717) is 40.0 Å². The minimum absolute atomic E-state index is 0.0943. The molecule has 3 aliphatic rings. The molecule has 0 spiro atoms. The van der Waals surface area contributed by atoms with Gasteiger partial charge in [0.15, 0.2) is 0 Å². The molecule has 10 rings (SSSR count). The van der Waals surface area contributed by atoms with Gasteiger partial charge in [0.05, 0.1) is 26.6 Å². The van der Waals surface area contributed by atoms with Crippen molar-refractivity contribution in [2.24, 2.45) is 0 Å². The fourth-order valence-corrected chi connectivity index (χ4v) is 10.3. The number of furan rings is 1. The second-order valence-electron chi connectivity index (χ2n) is 22.9. The van der Waals surface area contributed by atoms with E-state index in [1.54, 1.807) is 0 Å². The molecule has 0 unspecified atom stereocenters. The Morgan fingerprint density at radius 2 is 1.14 bits per heavy atom. The summed E-state index contributed by atoms with van der Waals surface area (Å²) in [6.45, 7) is 30.1. The van der Waals surface area contributed by atoms with Crippen molar-refractivity contribution >= 4 is 68.4 Å². The molecule has 2 aliphatic heterocycles. The fourth-order valence-electron chi connectivity index (χ4n) is 10.3. The number of nitrogens with zero attached hydrogens (tertiary/aromatic N) is 2. The van der Waals surface area contributed by atoms with E-state index < -0.39 is 12.8 Å². The number of aryl methyl sites for hydroxylation is 1. The minimum Gasteiger partial charge on any atom is -0.468 e. The van der Waals surface area contributed by atoms with Crippen LogP contribution < -0.4 is 26.4 Å². The highest BCUT2D eigenvalue weighted by atomic mass is 16.3. The standard InChI is InChI=1S/C59H65BN2O/c1-36-30-49-52-50(31-36)62(47-26-22-39(56(5,6)7)32-42(47)37-18-16-15-17-19-37)48-27-23-40(57(8,9)10)33-46(48)60(52)54-53(61(49)41-24-20-38(21-25-41)55(2,3)4)43-34-44-45(35-51(43)63-54)59(13,14)29-28-58(44,11)12/h15-27,30-35H,28-29H2,1-14H3/i15D,16D,17D,18D,19D,34D,35D. The second kappa shape index (κ2) is 13.8. The van der Waals surface area contributed by atoms with Gasteiger partial charge in [-0.25, -0.2) is 0 Å². The van der Waals surface area contributed by atoms with Crippen LogP contribution in [-0.4, -0.2) is 6.71 Å². The fraction of sp³-hybridized carbons (Fsp3) is 0.356. The van der Waals surface area contributed by atoms with Gasteiger partial charge >= 0.3 is 0 Å². The summed E-state index contributed by atoms with van der Waals surface area (Å²) >= 11 is 0. The summed E-state index contributed by atoms with van der Waals surface area (Å²) in [5, 5.41) is 0.648. The molecule has 0 atom stereocenters. The van der Waals surface area contributed by atoms with Crippen molar-refractivity contribution in [2.45, 2.75) is 137 Å². The maximum Gasteiger partial charge on any atom is 0.297 e. The van der Waals surface area contributed by atoms with Crippen molar-refractivity contribution in [3.05, 3.63) is 148 Å². The zero-order valence-corrected chi connectivity index (χ0v) is 39.7. The summed E-state index contributed by atoms with van der Waals surface area (Å²) < 4.78 is 72.9. The summed E-state index contributed by atoms with van der Waals surface area (Å²) in [4.78, 5) is 4.51. The van der Waals surface area contributed by atoms with Crippen molar-refractivity contribution in [3.63, 3.8) is 0 Å². The van der Waals surface area contributed by atoms with Crippen LogP contribution in [0.3, 0.4) is 0 Å². The number of anilines is 6. The Labute approximate surface area is 387 Å². The molecule has 7 aromatic rings. The molecule has 320 valence electrons. The van der Waals surface area contributed by atoms with Crippen molar-refractivity contribution in [3.8, 4) is 11.1 Å². The summed E-state index contributed by atoms with van der Waals surface area (Å²) in [5.41, 5.74) is 13.5. The van der Waals surface area contributed by atoms with Gasteiger partial charge in [0, 0.05) is 33.7 Å². The molecule has 63 heavy (non-hydrogen) atoms. The Balaban J connectivity index is 1.38. The third kappa shape index (κ3) is 6.60. The van der Waals surface area contributed by atoms with Crippen LogP contribution in [0.1, 0.15) is 146 Å². The molecule has 0 radical (unpaired) electrons. The van der Waals surface area contributed by atoms with Gasteiger partial charge in [-0.2, -0.15) is 0 Å². The molecule has 3 heterocycles. The summed E-state index contributed by atoms with van der Waals surface area (Å²) in [6, 6.07) is 25.0. The zero-order chi connectivity index (χ0) is 50.8. The molecule has 0 saturated carbocycles. The summed E-state index contributed by atoms with van der Waals surface area (Å²) in [5.74, 6) is 0.